The summed E-state index contributed by atoms with van der Waals surface area (Å²) in [4.78, 5) is 12.2. The van der Waals surface area contributed by atoms with Crippen molar-refractivity contribution < 1.29 is 14.6 Å². The highest BCUT2D eigenvalue weighted by Gasteiger charge is 2.59. The van der Waals surface area contributed by atoms with Crippen LogP contribution in [0.25, 0.3) is 0 Å². The second kappa shape index (κ2) is 6.24. The normalized spacial score (nSPS) is 26.0. The van der Waals surface area contributed by atoms with Crippen molar-refractivity contribution in [3.8, 4) is 0 Å². The molecule has 1 heterocycles. The lowest BCUT2D eigenvalue weighted by atomic mass is 9.56. The van der Waals surface area contributed by atoms with Gasteiger partial charge in [-0.05, 0) is 20.8 Å². The van der Waals surface area contributed by atoms with Gasteiger partial charge in [-0.3, -0.25) is 9.48 Å². The second-order valence-electron chi connectivity index (χ2n) is 7.13. The summed E-state index contributed by atoms with van der Waals surface area (Å²) in [6, 6.07) is 0. The van der Waals surface area contributed by atoms with Crippen LogP contribution in [0, 0.1) is 19.3 Å². The Labute approximate surface area is 138 Å². The van der Waals surface area contributed by atoms with E-state index in [0.717, 1.165) is 17.0 Å². The number of rotatable bonds is 6. The molecule has 6 nitrogen and oxygen atoms in total. The molecule has 1 aromatic heterocycles. The fourth-order valence-electron chi connectivity index (χ4n) is 3.30. The van der Waals surface area contributed by atoms with Crippen molar-refractivity contribution in [1.82, 2.24) is 15.1 Å². The third-order valence-corrected chi connectivity index (χ3v) is 5.47. The number of ether oxygens (including phenoxy) is 1. The monoisotopic (exact) mass is 323 g/mol. The molecule has 0 aliphatic heterocycles. The molecule has 6 heteroatoms. The van der Waals surface area contributed by atoms with Gasteiger partial charge in [0, 0.05) is 43.3 Å². The molecule has 1 aliphatic carbocycles. The van der Waals surface area contributed by atoms with E-state index in [9.17, 15) is 9.90 Å². The highest BCUT2D eigenvalue weighted by atomic mass is 16.5. The Bertz CT molecular complexity index is 594. The van der Waals surface area contributed by atoms with Crippen LogP contribution in [0.15, 0.2) is 0 Å². The highest BCUT2D eigenvalue weighted by molar-refractivity contribution is 5.79. The van der Waals surface area contributed by atoms with Crippen LogP contribution in [0.5, 0.6) is 0 Å². The Kier molecular flexibility index (Phi) is 4.87. The molecule has 0 saturated heterocycles. The zero-order chi connectivity index (χ0) is 17.4. The molecule has 0 bridgehead atoms. The number of carbonyl (C=O) groups excluding carboxylic acids is 1. The first-order valence-corrected chi connectivity index (χ1v) is 8.22. The SMILES string of the molecule is CCO[C@H]1C[C@@](O)(CNC(=O)Cc2c(C)nn(C)c2C)C1(C)C. The van der Waals surface area contributed by atoms with Crippen LogP contribution in [0.1, 0.15) is 44.1 Å². The van der Waals surface area contributed by atoms with E-state index < -0.39 is 5.60 Å². The Balaban J connectivity index is 1.92. The number of nitrogens with zero attached hydrogens (tertiary/aromatic N) is 2. The number of aryl methyl sites for hydroxylation is 2. The van der Waals surface area contributed by atoms with Crippen molar-refractivity contribution in [3.05, 3.63) is 17.0 Å². The number of hydrogen-bond acceptors (Lipinski definition) is 4. The number of amides is 1. The minimum absolute atomic E-state index is 0.0391. The average Bonchev–Trinajstić information content (AvgIpc) is 2.71. The molecular formula is C17H29N3O3. The fraction of sp³-hybridized carbons (Fsp3) is 0.765. The molecule has 1 aliphatic rings. The maximum absolute atomic E-state index is 12.2. The standard InChI is InChI=1S/C17H29N3O3/c1-7-23-14-9-17(22,16(14,4)5)10-18-15(21)8-13-11(2)19-20(6)12(13)3/h14,22H,7-10H2,1-6H3,(H,18,21)/t14-,17+/m0/s1. The number of aliphatic hydroxyl groups is 1. The van der Waals surface area contributed by atoms with Gasteiger partial charge < -0.3 is 15.2 Å². The lowest BCUT2D eigenvalue weighted by Gasteiger charge is -2.57. The van der Waals surface area contributed by atoms with E-state index in [1.807, 2.05) is 41.7 Å². The maximum atomic E-state index is 12.2. The van der Waals surface area contributed by atoms with Gasteiger partial charge in [-0.1, -0.05) is 13.8 Å². The van der Waals surface area contributed by atoms with Crippen LogP contribution in [0.4, 0.5) is 0 Å². The van der Waals surface area contributed by atoms with Crippen LogP contribution in [0.2, 0.25) is 0 Å². The number of hydrogen-bond donors (Lipinski definition) is 2. The minimum Gasteiger partial charge on any atom is -0.387 e. The lowest BCUT2D eigenvalue weighted by Crippen LogP contribution is -2.68. The van der Waals surface area contributed by atoms with Gasteiger partial charge in [0.15, 0.2) is 0 Å². The predicted molar refractivity (Wildman–Crippen MR) is 88.2 cm³/mol. The zero-order valence-electron chi connectivity index (χ0n) is 15.1. The first kappa shape index (κ1) is 17.9. The van der Waals surface area contributed by atoms with E-state index in [4.69, 9.17) is 4.74 Å². The summed E-state index contributed by atoms with van der Waals surface area (Å²) in [5, 5.41) is 18.0. The summed E-state index contributed by atoms with van der Waals surface area (Å²) in [6.07, 6.45) is 0.882. The van der Waals surface area contributed by atoms with Gasteiger partial charge in [0.25, 0.3) is 0 Å². The van der Waals surface area contributed by atoms with Gasteiger partial charge in [0.05, 0.1) is 23.8 Å². The van der Waals surface area contributed by atoms with E-state index in [1.165, 1.54) is 0 Å². The molecule has 2 N–H and O–H groups in total. The van der Waals surface area contributed by atoms with E-state index in [1.54, 1.807) is 4.68 Å². The van der Waals surface area contributed by atoms with Gasteiger partial charge in [0.2, 0.25) is 5.91 Å². The summed E-state index contributed by atoms with van der Waals surface area (Å²) < 4.78 is 7.43. The summed E-state index contributed by atoms with van der Waals surface area (Å²) in [6.45, 7) is 10.7. The Hall–Kier alpha value is -1.40. The molecule has 1 amide bonds. The third kappa shape index (κ3) is 3.15. The zero-order valence-corrected chi connectivity index (χ0v) is 15.1. The van der Waals surface area contributed by atoms with Crippen molar-refractivity contribution in [1.29, 1.82) is 0 Å². The van der Waals surface area contributed by atoms with Crippen molar-refractivity contribution in [2.45, 2.75) is 59.2 Å². The van der Waals surface area contributed by atoms with Crippen LogP contribution in [0.3, 0.4) is 0 Å². The summed E-state index contributed by atoms with van der Waals surface area (Å²) in [5.74, 6) is -0.0896. The second-order valence-corrected chi connectivity index (χ2v) is 7.13. The van der Waals surface area contributed by atoms with Crippen LogP contribution < -0.4 is 5.32 Å². The average molecular weight is 323 g/mol. The first-order valence-electron chi connectivity index (χ1n) is 8.22. The predicted octanol–water partition coefficient (Wildman–Crippen LogP) is 1.26. The van der Waals surface area contributed by atoms with Gasteiger partial charge in [-0.2, -0.15) is 5.10 Å². The molecule has 130 valence electrons. The van der Waals surface area contributed by atoms with Crippen molar-refractivity contribution in [2.24, 2.45) is 12.5 Å². The topological polar surface area (TPSA) is 76.4 Å². The van der Waals surface area contributed by atoms with Crippen LogP contribution in [-0.2, 0) is 23.0 Å². The summed E-state index contributed by atoms with van der Waals surface area (Å²) >= 11 is 0. The van der Waals surface area contributed by atoms with E-state index in [-0.39, 0.29) is 30.4 Å². The number of nitrogens with one attached hydrogen (secondary N) is 1. The molecule has 1 aromatic rings. The smallest absolute Gasteiger partial charge is 0.224 e. The molecular weight excluding hydrogens is 294 g/mol. The highest BCUT2D eigenvalue weighted by Crippen LogP contribution is 2.50. The molecule has 1 saturated carbocycles. The first-order chi connectivity index (χ1) is 10.6. The number of carbonyl (C=O) groups is 1. The minimum atomic E-state index is -0.915. The molecule has 0 unspecified atom stereocenters. The maximum Gasteiger partial charge on any atom is 0.224 e. The molecule has 23 heavy (non-hydrogen) atoms. The van der Waals surface area contributed by atoms with Gasteiger partial charge in [-0.15, -0.1) is 0 Å². The van der Waals surface area contributed by atoms with Crippen molar-refractivity contribution >= 4 is 5.91 Å². The summed E-state index contributed by atoms with van der Waals surface area (Å²) in [7, 11) is 1.87. The lowest BCUT2D eigenvalue weighted by molar-refractivity contribution is -0.238. The van der Waals surface area contributed by atoms with Crippen molar-refractivity contribution in [2.75, 3.05) is 13.2 Å². The molecule has 2 atom stereocenters. The van der Waals surface area contributed by atoms with Crippen LogP contribution >= 0.6 is 0 Å². The van der Waals surface area contributed by atoms with E-state index in [0.29, 0.717) is 13.0 Å². The third-order valence-electron chi connectivity index (χ3n) is 5.47. The Morgan fingerprint density at radius 2 is 2.13 bits per heavy atom. The van der Waals surface area contributed by atoms with E-state index in [2.05, 4.69) is 10.4 Å². The molecule has 0 spiro atoms. The van der Waals surface area contributed by atoms with Crippen LogP contribution in [-0.4, -0.2) is 45.7 Å². The van der Waals surface area contributed by atoms with Gasteiger partial charge in [-0.25, -0.2) is 0 Å². The fourth-order valence-corrected chi connectivity index (χ4v) is 3.30. The molecule has 1 fully saturated rings. The largest absolute Gasteiger partial charge is 0.387 e. The Morgan fingerprint density at radius 1 is 1.48 bits per heavy atom. The van der Waals surface area contributed by atoms with E-state index >= 15 is 0 Å². The molecule has 0 aromatic carbocycles. The Morgan fingerprint density at radius 3 is 2.61 bits per heavy atom. The molecule has 2 rings (SSSR count). The van der Waals surface area contributed by atoms with Crippen molar-refractivity contribution in [3.63, 3.8) is 0 Å². The molecule has 0 radical (unpaired) electrons. The quantitative estimate of drug-likeness (QED) is 0.826. The summed E-state index contributed by atoms with van der Waals surface area (Å²) in [5.41, 5.74) is 1.55. The van der Waals surface area contributed by atoms with Gasteiger partial charge in [0.1, 0.15) is 0 Å². The van der Waals surface area contributed by atoms with Gasteiger partial charge >= 0.3 is 0 Å². The number of aromatic nitrogens is 2.